The molecule has 0 spiro atoms. The van der Waals surface area contributed by atoms with Gasteiger partial charge in [-0.2, -0.15) is 0 Å². The molecule has 3 rings (SSSR count). The molecule has 1 amide bonds. The standard InChI is InChI=1S/C20H18IN3O2/c1-13-2-11-18(19(22)24-13)20(25)23-12-14-3-7-16(8-4-14)26-17-9-5-15(21)6-10-17/h2-11H,12H2,1H3,(H2,22,24)(H,23,25). The monoisotopic (exact) mass is 459 g/mol. The lowest BCUT2D eigenvalue weighted by Gasteiger charge is -2.09. The van der Waals surface area contributed by atoms with E-state index in [1.54, 1.807) is 12.1 Å². The van der Waals surface area contributed by atoms with Crippen LogP contribution in [0.25, 0.3) is 0 Å². The number of nitrogen functional groups attached to an aromatic ring is 1. The molecule has 0 saturated carbocycles. The van der Waals surface area contributed by atoms with Crippen molar-refractivity contribution < 1.29 is 9.53 Å². The summed E-state index contributed by atoms with van der Waals surface area (Å²) >= 11 is 2.25. The normalized spacial score (nSPS) is 10.4. The van der Waals surface area contributed by atoms with Crippen molar-refractivity contribution in [3.8, 4) is 11.5 Å². The Hall–Kier alpha value is -2.61. The number of nitrogens with zero attached hydrogens (tertiary/aromatic N) is 1. The highest BCUT2D eigenvalue weighted by atomic mass is 127. The number of pyridine rings is 1. The molecule has 0 atom stereocenters. The third-order valence-electron chi connectivity index (χ3n) is 3.73. The highest BCUT2D eigenvalue weighted by Crippen LogP contribution is 2.22. The lowest BCUT2D eigenvalue weighted by Crippen LogP contribution is -2.24. The number of ether oxygens (including phenoxy) is 1. The molecule has 0 aliphatic rings. The molecule has 3 N–H and O–H groups in total. The van der Waals surface area contributed by atoms with Crippen LogP contribution in [0.1, 0.15) is 21.6 Å². The van der Waals surface area contributed by atoms with E-state index in [9.17, 15) is 4.79 Å². The molecule has 0 radical (unpaired) electrons. The number of rotatable bonds is 5. The van der Waals surface area contributed by atoms with E-state index in [0.29, 0.717) is 12.1 Å². The molecule has 1 heterocycles. The summed E-state index contributed by atoms with van der Waals surface area (Å²) in [5.41, 5.74) is 7.93. The first-order valence-corrected chi connectivity index (χ1v) is 9.13. The van der Waals surface area contributed by atoms with Gasteiger partial charge in [0.25, 0.3) is 5.91 Å². The number of aromatic nitrogens is 1. The van der Waals surface area contributed by atoms with Crippen molar-refractivity contribution in [2.24, 2.45) is 0 Å². The Bertz CT molecular complexity index is 909. The van der Waals surface area contributed by atoms with Gasteiger partial charge in [0.05, 0.1) is 5.56 Å². The lowest BCUT2D eigenvalue weighted by molar-refractivity contribution is 0.0951. The summed E-state index contributed by atoms with van der Waals surface area (Å²) in [4.78, 5) is 16.3. The minimum atomic E-state index is -0.241. The largest absolute Gasteiger partial charge is 0.457 e. The topological polar surface area (TPSA) is 77.2 Å². The van der Waals surface area contributed by atoms with Crippen LogP contribution < -0.4 is 15.8 Å². The van der Waals surface area contributed by atoms with Crippen molar-refractivity contribution in [1.82, 2.24) is 10.3 Å². The number of hydrogen-bond donors (Lipinski definition) is 2. The molecule has 0 aliphatic heterocycles. The summed E-state index contributed by atoms with van der Waals surface area (Å²) in [7, 11) is 0. The van der Waals surface area contributed by atoms with E-state index in [-0.39, 0.29) is 11.7 Å². The van der Waals surface area contributed by atoms with Gasteiger partial charge in [0.2, 0.25) is 0 Å². The molecule has 26 heavy (non-hydrogen) atoms. The van der Waals surface area contributed by atoms with Gasteiger partial charge < -0.3 is 15.8 Å². The van der Waals surface area contributed by atoms with E-state index in [2.05, 4.69) is 32.9 Å². The van der Waals surface area contributed by atoms with Gasteiger partial charge in [-0.15, -0.1) is 0 Å². The molecule has 132 valence electrons. The van der Waals surface area contributed by atoms with E-state index in [1.165, 1.54) is 0 Å². The summed E-state index contributed by atoms with van der Waals surface area (Å²) in [6, 6.07) is 18.9. The van der Waals surface area contributed by atoms with Gasteiger partial charge in [-0.3, -0.25) is 4.79 Å². The fourth-order valence-electron chi connectivity index (χ4n) is 2.36. The molecule has 1 aromatic heterocycles. The number of halogens is 1. The molecule has 3 aromatic rings. The van der Waals surface area contributed by atoms with Crippen molar-refractivity contribution >= 4 is 34.3 Å². The van der Waals surface area contributed by atoms with Crippen LogP contribution in [0.15, 0.2) is 60.7 Å². The molecule has 2 aromatic carbocycles. The van der Waals surface area contributed by atoms with Crippen LogP contribution in [0.5, 0.6) is 11.5 Å². The predicted octanol–water partition coefficient (Wildman–Crippen LogP) is 4.30. The first kappa shape index (κ1) is 18.2. The van der Waals surface area contributed by atoms with Crippen molar-refractivity contribution in [1.29, 1.82) is 0 Å². The number of amides is 1. The second kappa shape index (κ2) is 8.18. The Morgan fingerprint density at radius 2 is 1.65 bits per heavy atom. The number of carbonyl (C=O) groups is 1. The fraction of sp³-hybridized carbons (Fsp3) is 0.100. The lowest BCUT2D eigenvalue weighted by atomic mass is 10.2. The first-order valence-electron chi connectivity index (χ1n) is 8.05. The van der Waals surface area contributed by atoms with E-state index < -0.39 is 0 Å². The number of aryl methyl sites for hydroxylation is 1. The number of carbonyl (C=O) groups excluding carboxylic acids is 1. The Morgan fingerprint density at radius 1 is 1.04 bits per heavy atom. The number of hydrogen-bond acceptors (Lipinski definition) is 4. The second-order valence-corrected chi connectivity index (χ2v) is 7.01. The van der Waals surface area contributed by atoms with Gasteiger partial charge in [-0.05, 0) is 83.6 Å². The summed E-state index contributed by atoms with van der Waals surface area (Å²) in [6.45, 7) is 2.23. The van der Waals surface area contributed by atoms with Gasteiger partial charge in [-0.1, -0.05) is 12.1 Å². The number of nitrogens with two attached hydrogens (primary N) is 1. The summed E-state index contributed by atoms with van der Waals surface area (Å²) < 4.78 is 6.95. The zero-order valence-electron chi connectivity index (χ0n) is 14.2. The van der Waals surface area contributed by atoms with Crippen molar-refractivity contribution in [2.45, 2.75) is 13.5 Å². The quantitative estimate of drug-likeness (QED) is 0.558. The van der Waals surface area contributed by atoms with E-state index in [0.717, 1.165) is 26.3 Å². The number of nitrogens with one attached hydrogen (secondary N) is 1. The minimum absolute atomic E-state index is 0.240. The summed E-state index contributed by atoms with van der Waals surface area (Å²) in [5, 5.41) is 2.85. The van der Waals surface area contributed by atoms with E-state index in [4.69, 9.17) is 10.5 Å². The average Bonchev–Trinajstić information content (AvgIpc) is 2.63. The molecule has 6 heteroatoms. The molecule has 0 unspecified atom stereocenters. The second-order valence-electron chi connectivity index (χ2n) is 5.77. The molecular weight excluding hydrogens is 441 g/mol. The predicted molar refractivity (Wildman–Crippen MR) is 110 cm³/mol. The Labute approximate surface area is 165 Å². The third-order valence-corrected chi connectivity index (χ3v) is 4.45. The molecule has 5 nitrogen and oxygen atoms in total. The van der Waals surface area contributed by atoms with Crippen LogP contribution in [0.4, 0.5) is 5.82 Å². The summed E-state index contributed by atoms with van der Waals surface area (Å²) in [5.74, 6) is 1.53. The van der Waals surface area contributed by atoms with Gasteiger partial charge in [-0.25, -0.2) is 4.98 Å². The molecule has 0 fully saturated rings. The van der Waals surface area contributed by atoms with Gasteiger partial charge in [0.1, 0.15) is 17.3 Å². The summed E-state index contributed by atoms with van der Waals surface area (Å²) in [6.07, 6.45) is 0. The van der Waals surface area contributed by atoms with E-state index >= 15 is 0 Å². The molecule has 0 bridgehead atoms. The third kappa shape index (κ3) is 4.72. The number of benzene rings is 2. The van der Waals surface area contributed by atoms with Crippen LogP contribution in [0.3, 0.4) is 0 Å². The van der Waals surface area contributed by atoms with Crippen molar-refractivity contribution in [3.63, 3.8) is 0 Å². The number of anilines is 1. The highest BCUT2D eigenvalue weighted by molar-refractivity contribution is 14.1. The van der Waals surface area contributed by atoms with Crippen molar-refractivity contribution in [2.75, 3.05) is 5.73 Å². The Kier molecular flexibility index (Phi) is 5.72. The molecule has 0 saturated heterocycles. The average molecular weight is 459 g/mol. The smallest absolute Gasteiger partial charge is 0.255 e. The van der Waals surface area contributed by atoms with Gasteiger partial charge in [0, 0.05) is 15.8 Å². The Morgan fingerprint density at radius 3 is 2.27 bits per heavy atom. The van der Waals surface area contributed by atoms with Gasteiger partial charge >= 0.3 is 0 Å². The molecular formula is C20H18IN3O2. The Balaban J connectivity index is 1.58. The van der Waals surface area contributed by atoms with Crippen LogP contribution >= 0.6 is 22.6 Å². The zero-order valence-corrected chi connectivity index (χ0v) is 16.4. The maximum Gasteiger partial charge on any atom is 0.255 e. The van der Waals surface area contributed by atoms with Crippen LogP contribution in [-0.2, 0) is 6.54 Å². The van der Waals surface area contributed by atoms with Crippen LogP contribution in [-0.4, -0.2) is 10.9 Å². The van der Waals surface area contributed by atoms with Gasteiger partial charge in [0.15, 0.2) is 0 Å². The van der Waals surface area contributed by atoms with Crippen LogP contribution in [0.2, 0.25) is 0 Å². The van der Waals surface area contributed by atoms with Crippen molar-refractivity contribution in [3.05, 3.63) is 81.1 Å². The highest BCUT2D eigenvalue weighted by Gasteiger charge is 2.10. The van der Waals surface area contributed by atoms with Crippen LogP contribution in [0, 0.1) is 10.5 Å². The molecule has 0 aliphatic carbocycles. The fourth-order valence-corrected chi connectivity index (χ4v) is 2.72. The zero-order chi connectivity index (χ0) is 18.5. The maximum absolute atomic E-state index is 12.2. The van der Waals surface area contributed by atoms with E-state index in [1.807, 2.05) is 55.5 Å². The first-order chi connectivity index (χ1) is 12.5. The maximum atomic E-state index is 12.2. The minimum Gasteiger partial charge on any atom is -0.457 e. The SMILES string of the molecule is Cc1ccc(C(=O)NCc2ccc(Oc3ccc(I)cc3)cc2)c(N)n1.